The fraction of sp³-hybridized carbons (Fsp3) is 0.538. The SMILES string of the molecule is CNC1CCCCC1Oc1cc(F)ccc1Cl. The number of nitrogens with one attached hydrogen (secondary N) is 1. The molecule has 1 fully saturated rings. The van der Waals surface area contributed by atoms with Gasteiger partial charge < -0.3 is 10.1 Å². The lowest BCUT2D eigenvalue weighted by Crippen LogP contribution is -2.43. The summed E-state index contributed by atoms with van der Waals surface area (Å²) >= 11 is 5.99. The zero-order valence-corrected chi connectivity index (χ0v) is 10.6. The first-order valence-corrected chi connectivity index (χ1v) is 6.37. The van der Waals surface area contributed by atoms with Gasteiger partial charge in [-0.05, 0) is 38.4 Å². The molecule has 1 aliphatic rings. The van der Waals surface area contributed by atoms with E-state index in [0.717, 1.165) is 19.3 Å². The molecule has 0 saturated heterocycles. The molecule has 2 nitrogen and oxygen atoms in total. The molecule has 2 rings (SSSR count). The number of likely N-dealkylation sites (N-methyl/N-ethyl adjacent to an activating group) is 1. The Kier molecular flexibility index (Phi) is 4.24. The number of hydrogen-bond acceptors (Lipinski definition) is 2. The third kappa shape index (κ3) is 3.11. The van der Waals surface area contributed by atoms with Gasteiger partial charge in [0.15, 0.2) is 0 Å². The van der Waals surface area contributed by atoms with E-state index in [0.29, 0.717) is 16.8 Å². The summed E-state index contributed by atoms with van der Waals surface area (Å²) < 4.78 is 19.0. The van der Waals surface area contributed by atoms with Crippen molar-refractivity contribution in [3.8, 4) is 5.75 Å². The molecule has 0 amide bonds. The summed E-state index contributed by atoms with van der Waals surface area (Å²) in [6.07, 6.45) is 4.51. The fourth-order valence-electron chi connectivity index (χ4n) is 2.30. The molecule has 4 heteroatoms. The third-order valence-corrected chi connectivity index (χ3v) is 3.56. The maximum absolute atomic E-state index is 13.1. The van der Waals surface area contributed by atoms with Gasteiger partial charge >= 0.3 is 0 Å². The molecule has 1 aliphatic carbocycles. The van der Waals surface area contributed by atoms with Crippen molar-refractivity contribution in [1.82, 2.24) is 5.32 Å². The number of halogens is 2. The monoisotopic (exact) mass is 257 g/mol. The molecule has 17 heavy (non-hydrogen) atoms. The Morgan fingerprint density at radius 2 is 2.12 bits per heavy atom. The Hall–Kier alpha value is -0.800. The van der Waals surface area contributed by atoms with Crippen LogP contribution in [0, 0.1) is 5.82 Å². The van der Waals surface area contributed by atoms with Gasteiger partial charge in [0, 0.05) is 12.1 Å². The largest absolute Gasteiger partial charge is 0.487 e. The summed E-state index contributed by atoms with van der Waals surface area (Å²) in [5.74, 6) is 0.125. The van der Waals surface area contributed by atoms with Crippen LogP contribution in [0.25, 0.3) is 0 Å². The molecule has 2 unspecified atom stereocenters. The minimum absolute atomic E-state index is 0.0769. The summed E-state index contributed by atoms with van der Waals surface area (Å²) in [6, 6.07) is 4.54. The Labute approximate surface area is 106 Å². The van der Waals surface area contributed by atoms with Crippen LogP contribution in [0.5, 0.6) is 5.75 Å². The van der Waals surface area contributed by atoms with E-state index in [1.165, 1.54) is 24.6 Å². The van der Waals surface area contributed by atoms with E-state index in [4.69, 9.17) is 16.3 Å². The Balaban J connectivity index is 2.10. The number of ether oxygens (including phenoxy) is 1. The van der Waals surface area contributed by atoms with Gasteiger partial charge in [0.05, 0.1) is 5.02 Å². The molecular weight excluding hydrogens is 241 g/mol. The third-order valence-electron chi connectivity index (χ3n) is 3.24. The average Bonchev–Trinajstić information content (AvgIpc) is 2.34. The minimum Gasteiger partial charge on any atom is -0.487 e. The smallest absolute Gasteiger partial charge is 0.141 e. The second-order valence-corrected chi connectivity index (χ2v) is 4.82. The van der Waals surface area contributed by atoms with Gasteiger partial charge in [-0.1, -0.05) is 18.0 Å². The van der Waals surface area contributed by atoms with Gasteiger partial charge in [-0.2, -0.15) is 0 Å². The normalized spacial score (nSPS) is 24.6. The average molecular weight is 258 g/mol. The second kappa shape index (κ2) is 5.69. The predicted octanol–water partition coefficient (Wildman–Crippen LogP) is 3.39. The second-order valence-electron chi connectivity index (χ2n) is 4.41. The molecule has 0 heterocycles. The van der Waals surface area contributed by atoms with Crippen molar-refractivity contribution in [3.63, 3.8) is 0 Å². The molecule has 0 bridgehead atoms. The zero-order chi connectivity index (χ0) is 12.3. The molecule has 0 radical (unpaired) electrons. The van der Waals surface area contributed by atoms with E-state index < -0.39 is 0 Å². The van der Waals surface area contributed by atoms with Gasteiger partial charge in [-0.15, -0.1) is 0 Å². The lowest BCUT2D eigenvalue weighted by Gasteiger charge is -2.31. The Morgan fingerprint density at radius 1 is 1.35 bits per heavy atom. The summed E-state index contributed by atoms with van der Waals surface area (Å²) in [5, 5.41) is 3.71. The number of benzene rings is 1. The summed E-state index contributed by atoms with van der Waals surface area (Å²) in [4.78, 5) is 0. The summed E-state index contributed by atoms with van der Waals surface area (Å²) in [7, 11) is 1.93. The van der Waals surface area contributed by atoms with E-state index in [1.54, 1.807) is 0 Å². The molecule has 2 atom stereocenters. The van der Waals surface area contributed by atoms with Crippen LogP contribution in [0.2, 0.25) is 5.02 Å². The maximum atomic E-state index is 13.1. The molecule has 0 aromatic heterocycles. The highest BCUT2D eigenvalue weighted by Gasteiger charge is 2.25. The predicted molar refractivity (Wildman–Crippen MR) is 67.1 cm³/mol. The van der Waals surface area contributed by atoms with Crippen molar-refractivity contribution in [3.05, 3.63) is 29.0 Å². The van der Waals surface area contributed by atoms with Crippen LogP contribution in [0.3, 0.4) is 0 Å². The fourth-order valence-corrected chi connectivity index (χ4v) is 2.46. The van der Waals surface area contributed by atoms with E-state index in [1.807, 2.05) is 7.05 Å². The van der Waals surface area contributed by atoms with E-state index >= 15 is 0 Å². The van der Waals surface area contributed by atoms with Crippen LogP contribution >= 0.6 is 11.6 Å². The van der Waals surface area contributed by atoms with Crippen LogP contribution in [0.15, 0.2) is 18.2 Å². The highest BCUT2D eigenvalue weighted by Crippen LogP contribution is 2.29. The quantitative estimate of drug-likeness (QED) is 0.896. The van der Waals surface area contributed by atoms with Crippen LogP contribution in [0.1, 0.15) is 25.7 Å². The van der Waals surface area contributed by atoms with Crippen LogP contribution < -0.4 is 10.1 Å². The van der Waals surface area contributed by atoms with Gasteiger partial charge in [-0.3, -0.25) is 0 Å². The van der Waals surface area contributed by atoms with E-state index in [2.05, 4.69) is 5.32 Å². The molecule has 1 aromatic carbocycles. The van der Waals surface area contributed by atoms with E-state index in [9.17, 15) is 4.39 Å². The van der Waals surface area contributed by atoms with Gasteiger partial charge in [0.1, 0.15) is 17.7 Å². The van der Waals surface area contributed by atoms with Gasteiger partial charge in [0.25, 0.3) is 0 Å². The van der Waals surface area contributed by atoms with Crippen molar-refractivity contribution < 1.29 is 9.13 Å². The first-order chi connectivity index (χ1) is 8.20. The van der Waals surface area contributed by atoms with Gasteiger partial charge in [-0.25, -0.2) is 4.39 Å². The Morgan fingerprint density at radius 3 is 2.88 bits per heavy atom. The lowest BCUT2D eigenvalue weighted by atomic mass is 9.92. The maximum Gasteiger partial charge on any atom is 0.141 e. The van der Waals surface area contributed by atoms with Crippen LogP contribution in [-0.4, -0.2) is 19.2 Å². The van der Waals surface area contributed by atoms with E-state index in [-0.39, 0.29) is 11.9 Å². The standard InChI is InChI=1S/C13H17ClFNO/c1-16-11-4-2-3-5-12(11)17-13-8-9(15)6-7-10(13)14/h6-8,11-12,16H,2-5H2,1H3. The van der Waals surface area contributed by atoms with Crippen molar-refractivity contribution in [2.24, 2.45) is 0 Å². The van der Waals surface area contributed by atoms with Crippen LogP contribution in [-0.2, 0) is 0 Å². The molecule has 94 valence electrons. The van der Waals surface area contributed by atoms with Crippen molar-refractivity contribution in [1.29, 1.82) is 0 Å². The topological polar surface area (TPSA) is 21.3 Å². The summed E-state index contributed by atoms with van der Waals surface area (Å²) in [6.45, 7) is 0. The molecule has 0 aliphatic heterocycles. The first-order valence-electron chi connectivity index (χ1n) is 5.99. The minimum atomic E-state index is -0.318. The Bertz CT molecular complexity index is 386. The summed E-state index contributed by atoms with van der Waals surface area (Å²) in [5.41, 5.74) is 0. The molecule has 0 spiro atoms. The molecule has 1 saturated carbocycles. The van der Waals surface area contributed by atoms with Crippen molar-refractivity contribution >= 4 is 11.6 Å². The van der Waals surface area contributed by atoms with Crippen molar-refractivity contribution in [2.75, 3.05) is 7.05 Å². The van der Waals surface area contributed by atoms with Gasteiger partial charge in [0.2, 0.25) is 0 Å². The molecule has 1 N–H and O–H groups in total. The van der Waals surface area contributed by atoms with Crippen LogP contribution in [0.4, 0.5) is 4.39 Å². The number of hydrogen-bond donors (Lipinski definition) is 1. The highest BCUT2D eigenvalue weighted by molar-refractivity contribution is 6.32. The number of rotatable bonds is 3. The zero-order valence-electron chi connectivity index (χ0n) is 9.88. The van der Waals surface area contributed by atoms with Crippen molar-refractivity contribution in [2.45, 2.75) is 37.8 Å². The molecule has 1 aromatic rings. The lowest BCUT2D eigenvalue weighted by molar-refractivity contribution is 0.117. The first kappa shape index (κ1) is 12.7. The molecular formula is C13H17ClFNO. The highest BCUT2D eigenvalue weighted by atomic mass is 35.5.